The van der Waals surface area contributed by atoms with Crippen LogP contribution in [0.2, 0.25) is 0 Å². The Labute approximate surface area is 134 Å². The number of carbonyl (C=O) groups is 1. The Hall–Kier alpha value is -2.01. The number of hydrogen-bond donors (Lipinski definition) is 0. The summed E-state index contributed by atoms with van der Waals surface area (Å²) in [5.74, 6) is 1.59. The van der Waals surface area contributed by atoms with Gasteiger partial charge in [0.05, 0.1) is 6.54 Å². The Morgan fingerprint density at radius 1 is 1.27 bits per heavy atom. The number of amidine groups is 1. The number of rotatable bonds is 4. The molecule has 0 bridgehead atoms. The molecule has 3 rings (SSSR count). The summed E-state index contributed by atoms with van der Waals surface area (Å²) in [7, 11) is 0. The number of fused-ring (bicyclic) bond motifs is 1. The highest BCUT2D eigenvalue weighted by molar-refractivity contribution is 8.13. The molecule has 1 amide bonds. The molecular weight excluding hydrogens is 296 g/mol. The zero-order valence-electron chi connectivity index (χ0n) is 12.5. The minimum absolute atomic E-state index is 0.0367. The highest BCUT2D eigenvalue weighted by atomic mass is 32.2. The number of amides is 1. The number of carbonyl (C=O) groups excluding carboxylic acids is 1. The van der Waals surface area contributed by atoms with Crippen molar-refractivity contribution in [1.29, 1.82) is 0 Å². The number of aliphatic imine (C=N–C) groups is 1. The van der Waals surface area contributed by atoms with E-state index in [1.54, 1.807) is 16.7 Å². The van der Waals surface area contributed by atoms with Gasteiger partial charge in [-0.05, 0) is 28.7 Å². The Kier molecular flexibility index (Phi) is 4.63. The van der Waals surface area contributed by atoms with Crippen LogP contribution in [0.1, 0.15) is 6.92 Å². The first-order chi connectivity index (χ1) is 10.8. The molecule has 1 heterocycles. The fourth-order valence-electron chi connectivity index (χ4n) is 2.39. The quantitative estimate of drug-likeness (QED) is 0.870. The maximum absolute atomic E-state index is 12.3. The van der Waals surface area contributed by atoms with Crippen LogP contribution in [-0.4, -0.2) is 41.4 Å². The third-order valence-corrected chi connectivity index (χ3v) is 4.36. The fourth-order valence-corrected chi connectivity index (χ4v) is 3.18. The molecule has 114 valence electrons. The van der Waals surface area contributed by atoms with Gasteiger partial charge in [-0.1, -0.05) is 49.0 Å². The van der Waals surface area contributed by atoms with Gasteiger partial charge in [0.15, 0.2) is 11.8 Å². The molecule has 2 aromatic rings. The molecule has 0 saturated heterocycles. The summed E-state index contributed by atoms with van der Waals surface area (Å²) < 4.78 is 5.66. The second-order valence-corrected chi connectivity index (χ2v) is 6.17. The number of nitrogens with zero attached hydrogens (tertiary/aromatic N) is 2. The summed E-state index contributed by atoms with van der Waals surface area (Å²) in [6, 6.07) is 14.0. The lowest BCUT2D eigenvalue weighted by atomic mass is 10.1. The molecule has 0 atom stereocenters. The number of benzene rings is 2. The van der Waals surface area contributed by atoms with Crippen LogP contribution in [-0.2, 0) is 4.79 Å². The largest absolute Gasteiger partial charge is 0.484 e. The van der Waals surface area contributed by atoms with Crippen molar-refractivity contribution in [2.24, 2.45) is 4.99 Å². The van der Waals surface area contributed by atoms with Gasteiger partial charge >= 0.3 is 0 Å². The summed E-state index contributed by atoms with van der Waals surface area (Å²) in [5.41, 5.74) is 0. The standard InChI is InChI=1S/C17H18N2O2S/c1-2-22-17-18-9-10-19(17)16(20)12-21-15-8-7-13-5-3-4-6-14(13)11-15/h3-8,11H,2,9-10,12H2,1H3. The van der Waals surface area contributed by atoms with Crippen LogP contribution >= 0.6 is 11.8 Å². The summed E-state index contributed by atoms with van der Waals surface area (Å²) in [6.07, 6.45) is 0. The molecule has 2 aromatic carbocycles. The molecule has 1 aliphatic rings. The third-order valence-electron chi connectivity index (χ3n) is 3.46. The predicted octanol–water partition coefficient (Wildman–Crippen LogP) is 3.17. The van der Waals surface area contributed by atoms with E-state index in [4.69, 9.17) is 4.74 Å². The Morgan fingerprint density at radius 3 is 2.91 bits per heavy atom. The number of thioether (sulfide) groups is 1. The molecule has 0 saturated carbocycles. The van der Waals surface area contributed by atoms with Gasteiger partial charge < -0.3 is 4.74 Å². The third kappa shape index (κ3) is 3.25. The van der Waals surface area contributed by atoms with Crippen molar-refractivity contribution in [3.63, 3.8) is 0 Å². The summed E-state index contributed by atoms with van der Waals surface area (Å²) >= 11 is 1.60. The molecular formula is C17H18N2O2S. The van der Waals surface area contributed by atoms with Crippen LogP contribution in [0.15, 0.2) is 47.5 Å². The van der Waals surface area contributed by atoms with Crippen LogP contribution in [0.25, 0.3) is 10.8 Å². The topological polar surface area (TPSA) is 41.9 Å². The van der Waals surface area contributed by atoms with Gasteiger partial charge in [-0.2, -0.15) is 0 Å². The van der Waals surface area contributed by atoms with Gasteiger partial charge in [0.25, 0.3) is 5.91 Å². The van der Waals surface area contributed by atoms with E-state index in [1.165, 1.54) is 0 Å². The van der Waals surface area contributed by atoms with Crippen molar-refractivity contribution in [2.75, 3.05) is 25.4 Å². The lowest BCUT2D eigenvalue weighted by Crippen LogP contribution is -2.36. The highest BCUT2D eigenvalue weighted by Gasteiger charge is 2.23. The zero-order chi connectivity index (χ0) is 15.4. The van der Waals surface area contributed by atoms with Crippen LogP contribution in [0.3, 0.4) is 0 Å². The number of ether oxygens (including phenoxy) is 1. The lowest BCUT2D eigenvalue weighted by molar-refractivity contribution is -0.128. The maximum atomic E-state index is 12.3. The Morgan fingerprint density at radius 2 is 2.09 bits per heavy atom. The molecule has 1 aliphatic heterocycles. The van der Waals surface area contributed by atoms with E-state index in [0.29, 0.717) is 18.8 Å². The van der Waals surface area contributed by atoms with Gasteiger partial charge in [-0.15, -0.1) is 0 Å². The minimum Gasteiger partial charge on any atom is -0.484 e. The molecule has 0 aliphatic carbocycles. The summed E-state index contributed by atoms with van der Waals surface area (Å²) in [6.45, 7) is 3.44. The van der Waals surface area contributed by atoms with Crippen molar-refractivity contribution in [1.82, 2.24) is 4.90 Å². The average Bonchev–Trinajstić information content (AvgIpc) is 3.01. The van der Waals surface area contributed by atoms with Crippen molar-refractivity contribution < 1.29 is 9.53 Å². The zero-order valence-corrected chi connectivity index (χ0v) is 13.3. The monoisotopic (exact) mass is 314 g/mol. The molecule has 0 spiro atoms. The molecule has 0 fully saturated rings. The molecule has 4 nitrogen and oxygen atoms in total. The van der Waals surface area contributed by atoms with E-state index in [2.05, 4.69) is 18.0 Å². The van der Waals surface area contributed by atoms with Crippen molar-refractivity contribution in [2.45, 2.75) is 6.92 Å². The Bertz CT molecular complexity index is 715. The van der Waals surface area contributed by atoms with Crippen molar-refractivity contribution in [3.05, 3.63) is 42.5 Å². The second kappa shape index (κ2) is 6.83. The summed E-state index contributed by atoms with van der Waals surface area (Å²) in [5, 5.41) is 3.08. The molecule has 22 heavy (non-hydrogen) atoms. The van der Waals surface area contributed by atoms with Crippen LogP contribution in [0.4, 0.5) is 0 Å². The van der Waals surface area contributed by atoms with Crippen LogP contribution < -0.4 is 4.74 Å². The SMILES string of the molecule is CCSC1=NCCN1C(=O)COc1ccc2ccccc2c1. The van der Waals surface area contributed by atoms with Gasteiger partial charge in [0.2, 0.25) is 0 Å². The first-order valence-corrected chi connectivity index (χ1v) is 8.35. The average molecular weight is 314 g/mol. The normalized spacial score (nSPS) is 14.2. The van der Waals surface area contributed by atoms with Gasteiger partial charge in [0, 0.05) is 6.54 Å². The van der Waals surface area contributed by atoms with E-state index >= 15 is 0 Å². The van der Waals surface area contributed by atoms with Crippen molar-refractivity contribution in [3.8, 4) is 5.75 Å². The molecule has 0 N–H and O–H groups in total. The molecule has 0 aromatic heterocycles. The van der Waals surface area contributed by atoms with E-state index in [1.807, 2.05) is 36.4 Å². The highest BCUT2D eigenvalue weighted by Crippen LogP contribution is 2.21. The van der Waals surface area contributed by atoms with Gasteiger partial charge in [-0.25, -0.2) is 0 Å². The molecule has 0 radical (unpaired) electrons. The smallest absolute Gasteiger partial charge is 0.266 e. The first kappa shape index (κ1) is 14.9. The first-order valence-electron chi connectivity index (χ1n) is 7.37. The van der Waals surface area contributed by atoms with Gasteiger partial charge in [-0.3, -0.25) is 14.7 Å². The number of hydrogen-bond acceptors (Lipinski definition) is 4. The van der Waals surface area contributed by atoms with Crippen LogP contribution in [0.5, 0.6) is 5.75 Å². The maximum Gasteiger partial charge on any atom is 0.266 e. The van der Waals surface area contributed by atoms with E-state index in [9.17, 15) is 4.79 Å². The van der Waals surface area contributed by atoms with Crippen molar-refractivity contribution >= 4 is 33.6 Å². The molecule has 0 unspecified atom stereocenters. The van der Waals surface area contributed by atoms with E-state index in [-0.39, 0.29) is 12.5 Å². The fraction of sp³-hybridized carbons (Fsp3) is 0.294. The van der Waals surface area contributed by atoms with Crippen LogP contribution in [0, 0.1) is 0 Å². The lowest BCUT2D eigenvalue weighted by Gasteiger charge is -2.17. The minimum atomic E-state index is -0.0367. The summed E-state index contributed by atoms with van der Waals surface area (Å²) in [4.78, 5) is 18.3. The molecule has 5 heteroatoms. The van der Waals surface area contributed by atoms with E-state index < -0.39 is 0 Å². The van der Waals surface area contributed by atoms with E-state index in [0.717, 1.165) is 21.7 Å². The second-order valence-electron chi connectivity index (χ2n) is 4.94. The Balaban J connectivity index is 1.63. The predicted molar refractivity (Wildman–Crippen MR) is 91.6 cm³/mol. The van der Waals surface area contributed by atoms with Gasteiger partial charge in [0.1, 0.15) is 5.75 Å².